The van der Waals surface area contributed by atoms with Crippen molar-refractivity contribution in [3.63, 3.8) is 0 Å². The highest BCUT2D eigenvalue weighted by atomic mass is 15.4. The van der Waals surface area contributed by atoms with E-state index in [0.717, 1.165) is 17.6 Å². The molecule has 0 radical (unpaired) electrons. The smallest absolute Gasteiger partial charge is 0.113 e. The third-order valence-corrected chi connectivity index (χ3v) is 5.35. The lowest BCUT2D eigenvalue weighted by molar-refractivity contribution is 0.357. The van der Waals surface area contributed by atoms with Crippen molar-refractivity contribution in [2.24, 2.45) is 5.92 Å². The summed E-state index contributed by atoms with van der Waals surface area (Å²) in [6, 6.07) is 15.3. The second kappa shape index (κ2) is 4.82. The summed E-state index contributed by atoms with van der Waals surface area (Å²) in [4.78, 5) is 2.58. The van der Waals surface area contributed by atoms with Gasteiger partial charge < -0.3 is 4.90 Å². The normalized spacial score (nSPS) is 23.1. The molecule has 3 heterocycles. The molecule has 0 saturated heterocycles. The van der Waals surface area contributed by atoms with Crippen molar-refractivity contribution in [3.05, 3.63) is 53.6 Å². The lowest BCUT2D eigenvalue weighted by Crippen LogP contribution is -2.42. The molecule has 23 heavy (non-hydrogen) atoms. The molecule has 0 N–H and O–H groups in total. The van der Waals surface area contributed by atoms with E-state index in [4.69, 9.17) is 0 Å². The first-order valence-corrected chi connectivity index (χ1v) is 8.49. The van der Waals surface area contributed by atoms with Crippen LogP contribution in [0.3, 0.4) is 0 Å². The number of rotatable bonds is 1. The summed E-state index contributed by atoms with van der Waals surface area (Å²) in [7, 11) is 0. The fraction of sp³-hybridized carbons (Fsp3) is 0.368. The van der Waals surface area contributed by atoms with Crippen molar-refractivity contribution in [2.75, 3.05) is 18.0 Å². The van der Waals surface area contributed by atoms with Crippen molar-refractivity contribution in [2.45, 2.75) is 25.8 Å². The Morgan fingerprint density at radius 2 is 2.00 bits per heavy atom. The Balaban J connectivity index is 1.74. The number of hydrogen-bond acceptors (Lipinski definition) is 3. The van der Waals surface area contributed by atoms with Gasteiger partial charge in [0.05, 0.1) is 11.6 Å². The quantitative estimate of drug-likeness (QED) is 0.691. The summed E-state index contributed by atoms with van der Waals surface area (Å²) in [5, 5.41) is 8.89. The van der Waals surface area contributed by atoms with Crippen LogP contribution < -0.4 is 4.90 Å². The number of hydrogen-bond donors (Lipinski definition) is 0. The molecule has 3 aromatic rings. The molecule has 116 valence electrons. The van der Waals surface area contributed by atoms with Crippen molar-refractivity contribution >= 4 is 16.7 Å². The minimum Gasteiger partial charge on any atom is -0.371 e. The van der Waals surface area contributed by atoms with Gasteiger partial charge in [-0.25, -0.2) is 4.68 Å². The average Bonchev–Trinajstić information content (AvgIpc) is 2.99. The van der Waals surface area contributed by atoms with Crippen LogP contribution in [0.1, 0.15) is 30.5 Å². The maximum atomic E-state index is 4.51. The first-order chi connectivity index (χ1) is 11.3. The molecular weight excluding hydrogens is 284 g/mol. The van der Waals surface area contributed by atoms with Crippen molar-refractivity contribution in [3.8, 4) is 0 Å². The number of aryl methyl sites for hydroxylation is 1. The second-order valence-corrected chi connectivity index (χ2v) is 6.85. The lowest BCUT2D eigenvalue weighted by atomic mass is 9.84. The largest absolute Gasteiger partial charge is 0.371 e. The zero-order chi connectivity index (χ0) is 15.4. The highest BCUT2D eigenvalue weighted by molar-refractivity contribution is 5.75. The summed E-state index contributed by atoms with van der Waals surface area (Å²) in [6.07, 6.45) is 2.46. The fourth-order valence-electron chi connectivity index (χ4n) is 4.41. The van der Waals surface area contributed by atoms with E-state index >= 15 is 0 Å². The van der Waals surface area contributed by atoms with Crippen LogP contribution in [0.2, 0.25) is 0 Å². The number of para-hydroxylation sites is 2. The summed E-state index contributed by atoms with van der Waals surface area (Å²) in [6.45, 7) is 4.62. The van der Waals surface area contributed by atoms with E-state index in [1.54, 1.807) is 0 Å². The van der Waals surface area contributed by atoms with Gasteiger partial charge in [0.25, 0.3) is 0 Å². The van der Waals surface area contributed by atoms with Gasteiger partial charge >= 0.3 is 0 Å². The van der Waals surface area contributed by atoms with E-state index < -0.39 is 0 Å². The third kappa shape index (κ3) is 1.84. The molecule has 2 aliphatic rings. The van der Waals surface area contributed by atoms with Gasteiger partial charge in [-0.2, -0.15) is 0 Å². The molecule has 0 bridgehead atoms. The maximum absolute atomic E-state index is 4.51. The molecule has 1 aromatic heterocycles. The van der Waals surface area contributed by atoms with Crippen LogP contribution in [0.4, 0.5) is 5.69 Å². The lowest BCUT2D eigenvalue weighted by Gasteiger charge is -2.43. The molecule has 2 aliphatic heterocycles. The Bertz CT molecular complexity index is 882. The SMILES string of the molecule is CC1CN2CCCc3cccc(c32)C1n1nnc2ccccc21. The van der Waals surface area contributed by atoms with E-state index in [0.29, 0.717) is 5.92 Å². The van der Waals surface area contributed by atoms with E-state index in [2.05, 4.69) is 57.1 Å². The first kappa shape index (κ1) is 13.1. The van der Waals surface area contributed by atoms with Crippen LogP contribution in [0.15, 0.2) is 42.5 Å². The molecule has 0 saturated carbocycles. The zero-order valence-corrected chi connectivity index (χ0v) is 13.3. The van der Waals surface area contributed by atoms with E-state index in [9.17, 15) is 0 Å². The van der Waals surface area contributed by atoms with Gasteiger partial charge in [0.1, 0.15) is 5.52 Å². The molecule has 2 unspecified atom stereocenters. The highest BCUT2D eigenvalue weighted by Crippen LogP contribution is 2.43. The van der Waals surface area contributed by atoms with Crippen molar-refractivity contribution in [1.82, 2.24) is 15.0 Å². The number of nitrogens with zero attached hydrogens (tertiary/aromatic N) is 4. The van der Waals surface area contributed by atoms with Crippen LogP contribution >= 0.6 is 0 Å². The number of fused-ring (bicyclic) bond motifs is 1. The van der Waals surface area contributed by atoms with Gasteiger partial charge in [-0.05, 0) is 30.5 Å². The Morgan fingerprint density at radius 3 is 2.96 bits per heavy atom. The summed E-state index contributed by atoms with van der Waals surface area (Å²) in [5.74, 6) is 0.515. The number of anilines is 1. The minimum absolute atomic E-state index is 0.270. The molecule has 4 heteroatoms. The van der Waals surface area contributed by atoms with Crippen molar-refractivity contribution < 1.29 is 0 Å². The molecule has 0 fully saturated rings. The molecule has 4 nitrogen and oxygen atoms in total. The molecule has 5 rings (SSSR count). The van der Waals surface area contributed by atoms with Gasteiger partial charge in [-0.15, -0.1) is 5.10 Å². The molecule has 0 aliphatic carbocycles. The van der Waals surface area contributed by atoms with Gasteiger partial charge in [-0.1, -0.05) is 42.5 Å². The van der Waals surface area contributed by atoms with Crippen LogP contribution in [0.5, 0.6) is 0 Å². The summed E-state index contributed by atoms with van der Waals surface area (Å²) in [5.41, 5.74) is 6.48. The Labute approximate surface area is 135 Å². The van der Waals surface area contributed by atoms with Crippen LogP contribution in [-0.2, 0) is 6.42 Å². The Hall–Kier alpha value is -2.36. The summed E-state index contributed by atoms with van der Waals surface area (Å²) >= 11 is 0. The van der Waals surface area contributed by atoms with Gasteiger partial charge in [-0.3, -0.25) is 0 Å². The second-order valence-electron chi connectivity index (χ2n) is 6.85. The van der Waals surface area contributed by atoms with Gasteiger partial charge in [0.2, 0.25) is 0 Å². The standard InChI is InChI=1S/C19H20N4/c1-13-12-22-11-5-7-14-6-4-8-15(19(14)22)18(13)23-17-10-3-2-9-16(17)20-21-23/h2-4,6,8-10,13,18H,5,7,11-12H2,1H3. The van der Waals surface area contributed by atoms with Crippen LogP contribution in [0.25, 0.3) is 11.0 Å². The molecule has 2 aromatic carbocycles. The fourth-order valence-corrected chi connectivity index (χ4v) is 4.41. The third-order valence-electron chi connectivity index (χ3n) is 5.35. The van der Waals surface area contributed by atoms with Crippen LogP contribution in [0, 0.1) is 5.92 Å². The van der Waals surface area contributed by atoms with Gasteiger partial charge in [0, 0.05) is 30.3 Å². The minimum atomic E-state index is 0.270. The average molecular weight is 304 g/mol. The molecule has 0 spiro atoms. The van der Waals surface area contributed by atoms with Crippen molar-refractivity contribution in [1.29, 1.82) is 0 Å². The first-order valence-electron chi connectivity index (χ1n) is 8.49. The van der Waals surface area contributed by atoms with Crippen LogP contribution in [-0.4, -0.2) is 28.1 Å². The predicted molar refractivity (Wildman–Crippen MR) is 91.8 cm³/mol. The maximum Gasteiger partial charge on any atom is 0.113 e. The molecule has 2 atom stereocenters. The molecule has 0 amide bonds. The zero-order valence-electron chi connectivity index (χ0n) is 13.3. The van der Waals surface area contributed by atoms with Gasteiger partial charge in [0.15, 0.2) is 0 Å². The van der Waals surface area contributed by atoms with E-state index in [-0.39, 0.29) is 6.04 Å². The topological polar surface area (TPSA) is 34.0 Å². The van der Waals surface area contributed by atoms with E-state index in [1.807, 2.05) is 12.1 Å². The van der Waals surface area contributed by atoms with E-state index in [1.165, 1.54) is 36.2 Å². The number of aromatic nitrogens is 3. The monoisotopic (exact) mass is 304 g/mol. The predicted octanol–water partition coefficient (Wildman–Crippen LogP) is 3.42. The Morgan fingerprint density at radius 1 is 1.09 bits per heavy atom. The molecular formula is C19H20N4. The summed E-state index contributed by atoms with van der Waals surface area (Å²) < 4.78 is 2.14. The highest BCUT2D eigenvalue weighted by Gasteiger charge is 2.35. The number of benzene rings is 2. The Kier molecular flexibility index (Phi) is 2.75.